The number of benzene rings is 1. The third-order valence-electron chi connectivity index (χ3n) is 8.09. The molecule has 0 heterocycles. The molecule has 0 bridgehead atoms. The maximum atomic E-state index is 6.24. The number of thioether (sulfide) groups is 2. The highest BCUT2D eigenvalue weighted by Crippen LogP contribution is 2.42. The summed E-state index contributed by atoms with van der Waals surface area (Å²) in [7, 11) is 0. The van der Waals surface area contributed by atoms with Gasteiger partial charge in [-0.25, -0.2) is 0 Å². The van der Waals surface area contributed by atoms with Gasteiger partial charge in [0.15, 0.2) is 0 Å². The van der Waals surface area contributed by atoms with Crippen molar-refractivity contribution in [3.63, 3.8) is 0 Å². The van der Waals surface area contributed by atoms with Crippen LogP contribution in [0.4, 0.5) is 0 Å². The predicted octanol–water partition coefficient (Wildman–Crippen LogP) is 10.7. The van der Waals surface area contributed by atoms with Crippen LogP contribution in [0.3, 0.4) is 0 Å². The van der Waals surface area contributed by atoms with Gasteiger partial charge in [0.2, 0.25) is 0 Å². The molecule has 0 radical (unpaired) electrons. The standard InChI is InChI=1S/C32H57NS2/c1-10-11-12-13-14-15-16-17-18-19-22-35-30-23-27(20-21-31(5,6)26(4)33)29(34-9)24-28(30)32(7,8)25(2)3/h20-21,23-26H,10-19,22,33H2,1-9H3/b21-20+. The smallest absolute Gasteiger partial charge is 0.0145 e. The third-order valence-corrected chi connectivity index (χ3v) is 10.0. The Bertz CT molecular complexity index is 746. The van der Waals surface area contributed by atoms with Crippen LogP contribution < -0.4 is 5.73 Å². The second-order valence-corrected chi connectivity index (χ2v) is 13.9. The number of hydrogen-bond acceptors (Lipinski definition) is 3. The molecule has 0 saturated carbocycles. The van der Waals surface area contributed by atoms with E-state index in [-0.39, 0.29) is 16.9 Å². The molecule has 0 aromatic heterocycles. The van der Waals surface area contributed by atoms with Crippen LogP contribution in [0.5, 0.6) is 0 Å². The third kappa shape index (κ3) is 11.3. The molecule has 1 aromatic carbocycles. The monoisotopic (exact) mass is 519 g/mol. The van der Waals surface area contributed by atoms with Crippen LogP contribution in [0.15, 0.2) is 28.0 Å². The molecule has 0 aliphatic heterocycles. The van der Waals surface area contributed by atoms with Crippen molar-refractivity contribution in [2.45, 2.75) is 141 Å². The van der Waals surface area contributed by atoms with Gasteiger partial charge < -0.3 is 5.73 Å². The number of rotatable bonds is 18. The lowest BCUT2D eigenvalue weighted by molar-refractivity contribution is 0.366. The van der Waals surface area contributed by atoms with Crippen LogP contribution in [0.1, 0.15) is 131 Å². The van der Waals surface area contributed by atoms with Crippen molar-refractivity contribution in [2.24, 2.45) is 17.1 Å². The molecule has 0 aliphatic carbocycles. The zero-order valence-corrected chi connectivity index (χ0v) is 26.3. The summed E-state index contributed by atoms with van der Waals surface area (Å²) in [6.45, 7) is 18.4. The fourth-order valence-electron chi connectivity index (χ4n) is 4.04. The van der Waals surface area contributed by atoms with E-state index < -0.39 is 0 Å². The molecule has 1 rings (SSSR count). The Morgan fingerprint density at radius 1 is 0.829 bits per heavy atom. The largest absolute Gasteiger partial charge is 0.327 e. The molecule has 1 atom stereocenters. The van der Waals surface area contributed by atoms with Crippen LogP contribution in [-0.4, -0.2) is 18.1 Å². The quantitative estimate of drug-likeness (QED) is 0.154. The molecule has 1 nitrogen and oxygen atoms in total. The van der Waals surface area contributed by atoms with Crippen LogP contribution in [0.2, 0.25) is 0 Å². The Labute approximate surface area is 228 Å². The maximum Gasteiger partial charge on any atom is 0.0145 e. The summed E-state index contributed by atoms with van der Waals surface area (Å²) in [6, 6.07) is 5.06. The Morgan fingerprint density at radius 2 is 1.37 bits per heavy atom. The summed E-state index contributed by atoms with van der Waals surface area (Å²) in [6.07, 6.45) is 20.8. The van der Waals surface area contributed by atoms with Gasteiger partial charge in [-0.1, -0.05) is 118 Å². The first-order valence-corrected chi connectivity index (χ1v) is 16.5. The molecule has 3 heteroatoms. The van der Waals surface area contributed by atoms with Crippen molar-refractivity contribution in [2.75, 3.05) is 12.0 Å². The van der Waals surface area contributed by atoms with E-state index in [0.717, 1.165) is 0 Å². The van der Waals surface area contributed by atoms with Gasteiger partial charge in [0, 0.05) is 15.8 Å². The molecule has 0 aliphatic rings. The van der Waals surface area contributed by atoms with Crippen molar-refractivity contribution in [1.82, 2.24) is 0 Å². The molecule has 0 fully saturated rings. The minimum Gasteiger partial charge on any atom is -0.327 e. The van der Waals surface area contributed by atoms with Crippen LogP contribution in [-0.2, 0) is 5.41 Å². The lowest BCUT2D eigenvalue weighted by atomic mass is 9.75. The molecule has 1 unspecified atom stereocenters. The predicted molar refractivity (Wildman–Crippen MR) is 165 cm³/mol. The van der Waals surface area contributed by atoms with E-state index in [1.807, 2.05) is 11.8 Å². The van der Waals surface area contributed by atoms with Crippen molar-refractivity contribution >= 4 is 29.6 Å². The van der Waals surface area contributed by atoms with E-state index >= 15 is 0 Å². The highest BCUT2D eigenvalue weighted by molar-refractivity contribution is 7.99. The molecule has 202 valence electrons. The van der Waals surface area contributed by atoms with Gasteiger partial charge in [0.25, 0.3) is 0 Å². The fraction of sp³-hybridized carbons (Fsp3) is 0.750. The maximum absolute atomic E-state index is 6.24. The Morgan fingerprint density at radius 3 is 1.86 bits per heavy atom. The normalized spacial score (nSPS) is 13.8. The van der Waals surface area contributed by atoms with Gasteiger partial charge in [0.05, 0.1) is 0 Å². The Kier molecular flexibility index (Phi) is 15.4. The molecule has 2 N–H and O–H groups in total. The topological polar surface area (TPSA) is 26.0 Å². The van der Waals surface area contributed by atoms with E-state index in [1.54, 1.807) is 0 Å². The average molecular weight is 520 g/mol. The highest BCUT2D eigenvalue weighted by Gasteiger charge is 2.28. The Hall–Kier alpha value is -0.380. The van der Waals surface area contributed by atoms with Crippen molar-refractivity contribution < 1.29 is 0 Å². The van der Waals surface area contributed by atoms with Gasteiger partial charge in [-0.15, -0.1) is 23.5 Å². The first kappa shape index (κ1) is 32.6. The zero-order valence-electron chi connectivity index (χ0n) is 24.6. The number of nitrogens with two attached hydrogens (primary N) is 1. The van der Waals surface area contributed by atoms with Gasteiger partial charge in [-0.2, -0.15) is 0 Å². The van der Waals surface area contributed by atoms with E-state index in [0.29, 0.717) is 5.92 Å². The zero-order chi connectivity index (χ0) is 26.5. The molecule has 35 heavy (non-hydrogen) atoms. The molecule has 0 amide bonds. The fourth-order valence-corrected chi connectivity index (χ4v) is 5.90. The summed E-state index contributed by atoms with van der Waals surface area (Å²) in [5.74, 6) is 1.80. The summed E-state index contributed by atoms with van der Waals surface area (Å²) in [5, 5.41) is 0. The second kappa shape index (κ2) is 16.5. The van der Waals surface area contributed by atoms with Crippen molar-refractivity contribution in [1.29, 1.82) is 0 Å². The SMILES string of the molecule is CCCCCCCCCCCCSc1cc(/C=C/C(C)(C)C(C)N)c(SC)cc1C(C)(C)C(C)C. The van der Waals surface area contributed by atoms with Crippen LogP contribution in [0, 0.1) is 11.3 Å². The van der Waals surface area contributed by atoms with E-state index in [4.69, 9.17) is 5.73 Å². The highest BCUT2D eigenvalue weighted by atomic mass is 32.2. The first-order valence-electron chi connectivity index (χ1n) is 14.3. The molecule has 0 saturated heterocycles. The number of unbranched alkanes of at least 4 members (excludes halogenated alkanes) is 9. The van der Waals surface area contributed by atoms with Crippen LogP contribution in [0.25, 0.3) is 6.08 Å². The van der Waals surface area contributed by atoms with Crippen molar-refractivity contribution in [3.05, 3.63) is 29.3 Å². The molecule has 1 aromatic rings. The second-order valence-electron chi connectivity index (χ2n) is 11.9. The Balaban J connectivity index is 2.88. The first-order chi connectivity index (χ1) is 16.5. The summed E-state index contributed by atoms with van der Waals surface area (Å²) >= 11 is 3.93. The molecular formula is C32H57NS2. The minimum absolute atomic E-state index is 0.0190. The minimum atomic E-state index is -0.0190. The van der Waals surface area contributed by atoms with E-state index in [9.17, 15) is 0 Å². The van der Waals surface area contributed by atoms with Gasteiger partial charge in [0.1, 0.15) is 0 Å². The van der Waals surface area contributed by atoms with Gasteiger partial charge in [-0.05, 0) is 65.4 Å². The lowest BCUT2D eigenvalue weighted by Gasteiger charge is -2.33. The van der Waals surface area contributed by atoms with Gasteiger partial charge in [-0.3, -0.25) is 0 Å². The summed E-state index contributed by atoms with van der Waals surface area (Å²) in [5.41, 5.74) is 9.22. The number of hydrogen-bond donors (Lipinski definition) is 1. The lowest BCUT2D eigenvalue weighted by Crippen LogP contribution is -2.32. The van der Waals surface area contributed by atoms with E-state index in [1.165, 1.54) is 90.9 Å². The molecule has 0 spiro atoms. The average Bonchev–Trinajstić information content (AvgIpc) is 2.80. The van der Waals surface area contributed by atoms with Crippen molar-refractivity contribution in [3.8, 4) is 0 Å². The van der Waals surface area contributed by atoms with E-state index in [2.05, 4.69) is 97.7 Å². The van der Waals surface area contributed by atoms with Crippen LogP contribution >= 0.6 is 23.5 Å². The molecular weight excluding hydrogens is 462 g/mol. The summed E-state index contributed by atoms with van der Waals surface area (Å²) < 4.78 is 0. The van der Waals surface area contributed by atoms with Gasteiger partial charge >= 0.3 is 0 Å². The summed E-state index contributed by atoms with van der Waals surface area (Å²) in [4.78, 5) is 2.84.